The minimum Gasteiger partial charge on any atom is -0.478 e. The molecule has 9 heteroatoms. The van der Waals surface area contributed by atoms with Gasteiger partial charge in [-0.2, -0.15) is 0 Å². The van der Waals surface area contributed by atoms with Crippen LogP contribution in [0.15, 0.2) is 35.7 Å². The summed E-state index contributed by atoms with van der Waals surface area (Å²) in [5.74, 6) is -2.03. The van der Waals surface area contributed by atoms with Gasteiger partial charge in [0, 0.05) is 35.0 Å². The van der Waals surface area contributed by atoms with Gasteiger partial charge in [0.2, 0.25) is 0 Å². The van der Waals surface area contributed by atoms with Crippen molar-refractivity contribution in [1.29, 1.82) is 0 Å². The molecule has 2 N–H and O–H groups in total. The molecule has 2 bridgehead atoms. The molecule has 30 heavy (non-hydrogen) atoms. The Morgan fingerprint density at radius 1 is 1.20 bits per heavy atom. The number of piperidine rings is 1. The number of hydrogen-bond acceptors (Lipinski definition) is 6. The van der Waals surface area contributed by atoms with Gasteiger partial charge in [-0.25, -0.2) is 9.59 Å². The van der Waals surface area contributed by atoms with Gasteiger partial charge in [-0.05, 0) is 55.2 Å². The minimum absolute atomic E-state index is 0.228. The normalized spacial score (nSPS) is 23.3. The van der Waals surface area contributed by atoms with Crippen molar-refractivity contribution < 1.29 is 24.7 Å². The van der Waals surface area contributed by atoms with E-state index in [0.29, 0.717) is 30.2 Å². The van der Waals surface area contributed by atoms with E-state index in [0.717, 1.165) is 29.5 Å². The molecule has 2 atom stereocenters. The zero-order chi connectivity index (χ0) is 21.8. The number of nitrogens with zero attached hydrogens (tertiary/aromatic N) is 2. The summed E-state index contributed by atoms with van der Waals surface area (Å²) in [6, 6.07) is 6.79. The first-order valence-electron chi connectivity index (χ1n) is 9.86. The molecule has 0 saturated carbocycles. The Morgan fingerprint density at radius 2 is 1.80 bits per heavy atom. The molecule has 2 fully saturated rings. The van der Waals surface area contributed by atoms with Crippen LogP contribution >= 0.6 is 11.3 Å². The lowest BCUT2D eigenvalue weighted by Crippen LogP contribution is -2.41. The van der Waals surface area contributed by atoms with Gasteiger partial charge in [0.15, 0.2) is 0 Å². The molecular weight excluding hydrogens is 408 g/mol. The molecule has 1 aromatic heterocycles. The van der Waals surface area contributed by atoms with Crippen LogP contribution < -0.4 is 0 Å². The predicted molar refractivity (Wildman–Crippen MR) is 114 cm³/mol. The first-order chi connectivity index (χ1) is 14.3. The highest BCUT2D eigenvalue weighted by Gasteiger charge is 2.41. The average molecular weight is 432 g/mol. The fourth-order valence-corrected chi connectivity index (χ4v) is 5.79. The smallest absolute Gasteiger partial charge is 0.328 e. The van der Waals surface area contributed by atoms with Crippen molar-refractivity contribution in [3.63, 3.8) is 0 Å². The molecular formula is C21H24N2O6S. The number of nitro groups is 1. The molecule has 0 radical (unpaired) electrons. The van der Waals surface area contributed by atoms with Crippen molar-refractivity contribution in [2.24, 2.45) is 0 Å². The molecule has 0 amide bonds. The zero-order valence-electron chi connectivity index (χ0n) is 16.6. The molecule has 2 aliphatic heterocycles. The van der Waals surface area contributed by atoms with Crippen LogP contribution in [-0.4, -0.2) is 50.6 Å². The topological polar surface area (TPSA) is 121 Å². The van der Waals surface area contributed by atoms with Crippen molar-refractivity contribution in [1.82, 2.24) is 4.90 Å². The number of thiophene rings is 1. The summed E-state index contributed by atoms with van der Waals surface area (Å²) in [5, 5.41) is 30.1. The van der Waals surface area contributed by atoms with E-state index >= 15 is 0 Å². The molecule has 1 aromatic carbocycles. The van der Waals surface area contributed by atoms with Gasteiger partial charge in [-0.1, -0.05) is 13.0 Å². The quantitative estimate of drug-likeness (QED) is 0.411. The Bertz CT molecular complexity index is 955. The molecule has 0 aliphatic carbocycles. The van der Waals surface area contributed by atoms with E-state index in [-0.39, 0.29) is 10.6 Å². The maximum atomic E-state index is 11.4. The van der Waals surface area contributed by atoms with E-state index in [1.54, 1.807) is 23.5 Å². The number of rotatable bonds is 5. The third kappa shape index (κ3) is 4.68. The highest BCUT2D eigenvalue weighted by atomic mass is 32.1. The Kier molecular flexibility index (Phi) is 6.84. The van der Waals surface area contributed by atoms with Crippen molar-refractivity contribution in [2.75, 3.05) is 6.54 Å². The maximum Gasteiger partial charge on any atom is 0.328 e. The monoisotopic (exact) mass is 432 g/mol. The predicted octanol–water partition coefficient (Wildman–Crippen LogP) is 4.25. The number of non-ortho nitro benzene ring substituents is 1. The van der Waals surface area contributed by atoms with Crippen LogP contribution in [0, 0.1) is 10.1 Å². The molecule has 0 spiro atoms. The fraction of sp³-hybridized carbons (Fsp3) is 0.429. The second-order valence-corrected chi connectivity index (χ2v) is 8.40. The van der Waals surface area contributed by atoms with Crippen molar-refractivity contribution in [3.8, 4) is 0 Å². The number of carbonyl (C=O) groups is 2. The summed E-state index contributed by atoms with van der Waals surface area (Å²) in [6.07, 6.45) is 6.01. The van der Waals surface area contributed by atoms with Gasteiger partial charge in [-0.15, -0.1) is 11.3 Å². The summed E-state index contributed by atoms with van der Waals surface area (Å²) in [5.41, 5.74) is 1.50. The van der Waals surface area contributed by atoms with Crippen LogP contribution in [0.25, 0.3) is 10.1 Å². The first kappa shape index (κ1) is 21.9. The Morgan fingerprint density at radius 3 is 2.30 bits per heavy atom. The van der Waals surface area contributed by atoms with Crippen LogP contribution in [0.2, 0.25) is 0 Å². The molecule has 8 nitrogen and oxygen atoms in total. The number of carboxylic acids is 2. The van der Waals surface area contributed by atoms with Gasteiger partial charge < -0.3 is 10.2 Å². The third-order valence-electron chi connectivity index (χ3n) is 5.86. The van der Waals surface area contributed by atoms with Crippen molar-refractivity contribution in [2.45, 2.75) is 50.6 Å². The Labute approximate surface area is 177 Å². The lowest BCUT2D eigenvalue weighted by atomic mass is 9.84. The molecule has 4 rings (SSSR count). The Hall–Kier alpha value is -2.78. The third-order valence-corrected chi connectivity index (χ3v) is 6.83. The molecule has 160 valence electrons. The number of fused-ring (bicyclic) bond motifs is 3. The fourth-order valence-electron chi connectivity index (χ4n) is 4.73. The minimum atomic E-state index is -1.26. The number of carboxylic acid groups (broad SMARTS) is 2. The van der Waals surface area contributed by atoms with Crippen molar-refractivity contribution >= 4 is 39.0 Å². The summed E-state index contributed by atoms with van der Waals surface area (Å²) < 4.78 is 1.05. The summed E-state index contributed by atoms with van der Waals surface area (Å²) >= 11 is 1.65. The summed E-state index contributed by atoms with van der Waals surface area (Å²) in [4.78, 5) is 32.9. The number of nitro benzene ring substituents is 1. The van der Waals surface area contributed by atoms with Crippen LogP contribution in [0.5, 0.6) is 0 Å². The van der Waals surface area contributed by atoms with Crippen LogP contribution in [0.1, 0.15) is 44.1 Å². The largest absolute Gasteiger partial charge is 0.478 e. The standard InChI is InChI=1S/C17H20N2O2S.C4H4O4/c1-2-18-12-6-7-13(18)9-11(8-12)14-10-22-16-5-3-4-15(17(14)16)19(20)21;5-3(6)1-2-4(7)8/h3-5,10-13H,2,6-9H2,1H3;1-2H,(H,5,6)(H,7,8). The number of hydrogen-bond donors (Lipinski definition) is 2. The first-order valence-corrected chi connectivity index (χ1v) is 10.7. The van der Waals surface area contributed by atoms with Gasteiger partial charge >= 0.3 is 11.9 Å². The molecule has 2 unspecified atom stereocenters. The lowest BCUT2D eigenvalue weighted by Gasteiger charge is -2.38. The molecule has 2 aromatic rings. The van der Waals surface area contributed by atoms with E-state index in [1.165, 1.54) is 18.4 Å². The van der Waals surface area contributed by atoms with Crippen molar-refractivity contribution in [3.05, 3.63) is 51.4 Å². The number of aliphatic carboxylic acids is 2. The van der Waals surface area contributed by atoms with Crippen LogP contribution in [-0.2, 0) is 9.59 Å². The maximum absolute atomic E-state index is 11.4. The van der Waals surface area contributed by atoms with Gasteiger partial charge in [-0.3, -0.25) is 15.0 Å². The summed E-state index contributed by atoms with van der Waals surface area (Å²) in [6.45, 7) is 3.38. The van der Waals surface area contributed by atoms with Crippen LogP contribution in [0.4, 0.5) is 5.69 Å². The zero-order valence-corrected chi connectivity index (χ0v) is 17.4. The summed E-state index contributed by atoms with van der Waals surface area (Å²) in [7, 11) is 0. The van der Waals surface area contributed by atoms with E-state index in [1.807, 2.05) is 6.07 Å². The average Bonchev–Trinajstić information content (AvgIpc) is 3.24. The lowest BCUT2D eigenvalue weighted by molar-refractivity contribution is -0.383. The van der Waals surface area contributed by atoms with Crippen LogP contribution in [0.3, 0.4) is 0 Å². The second-order valence-electron chi connectivity index (χ2n) is 7.49. The number of benzene rings is 1. The van der Waals surface area contributed by atoms with Gasteiger partial charge in [0.25, 0.3) is 5.69 Å². The van der Waals surface area contributed by atoms with E-state index < -0.39 is 11.9 Å². The van der Waals surface area contributed by atoms with E-state index in [2.05, 4.69) is 17.2 Å². The molecule has 2 saturated heterocycles. The molecule has 2 aliphatic rings. The van der Waals surface area contributed by atoms with E-state index in [9.17, 15) is 19.7 Å². The highest BCUT2D eigenvalue weighted by molar-refractivity contribution is 7.17. The molecule has 3 heterocycles. The van der Waals surface area contributed by atoms with Gasteiger partial charge in [0.05, 0.1) is 10.3 Å². The van der Waals surface area contributed by atoms with Gasteiger partial charge in [0.1, 0.15) is 0 Å². The highest BCUT2D eigenvalue weighted by Crippen LogP contribution is 2.47. The second kappa shape index (κ2) is 9.36. The van der Waals surface area contributed by atoms with E-state index in [4.69, 9.17) is 10.2 Å². The Balaban J connectivity index is 0.000000275. The SMILES string of the molecule is CCN1C2CCC1CC(c1csc3cccc([N+](=O)[O-])c13)C2.O=C(O)C=CC(=O)O.